The Bertz CT molecular complexity index is 824. The smallest absolute Gasteiger partial charge is 0.244 e. The highest BCUT2D eigenvalue weighted by atomic mass is 15.6. The van der Waals surface area contributed by atoms with Crippen molar-refractivity contribution in [3.8, 4) is 6.07 Å². The van der Waals surface area contributed by atoms with Crippen LogP contribution in [-0.2, 0) is 6.54 Å². The van der Waals surface area contributed by atoms with E-state index in [0.29, 0.717) is 17.3 Å². The van der Waals surface area contributed by atoms with Crippen LogP contribution < -0.4 is 11.1 Å². The predicted molar refractivity (Wildman–Crippen MR) is 104 cm³/mol. The van der Waals surface area contributed by atoms with E-state index < -0.39 is 0 Å². The van der Waals surface area contributed by atoms with E-state index in [1.165, 1.54) is 36.9 Å². The zero-order valence-corrected chi connectivity index (χ0v) is 15.7. The largest absolute Gasteiger partial charge is 0.324 e. The molecule has 0 unspecified atom stereocenters. The number of nitriles is 1. The molecule has 1 heterocycles. The SMILES string of the molecule is Cc1cc(NC(=NC2CCCCCCC2)n2nnc(CN)n2)ccc1C#N. The van der Waals surface area contributed by atoms with Gasteiger partial charge in [-0.15, -0.1) is 10.2 Å². The van der Waals surface area contributed by atoms with Crippen molar-refractivity contribution in [1.29, 1.82) is 5.26 Å². The number of rotatable bonds is 3. The second-order valence-electron chi connectivity index (χ2n) is 6.92. The van der Waals surface area contributed by atoms with Gasteiger partial charge < -0.3 is 11.1 Å². The molecule has 27 heavy (non-hydrogen) atoms. The molecule has 3 N–H and O–H groups in total. The third-order valence-corrected chi connectivity index (χ3v) is 4.81. The lowest BCUT2D eigenvalue weighted by atomic mass is 9.97. The van der Waals surface area contributed by atoms with E-state index >= 15 is 0 Å². The first-order chi connectivity index (χ1) is 13.2. The molecule has 1 aliphatic rings. The summed E-state index contributed by atoms with van der Waals surface area (Å²) in [5, 5.41) is 24.8. The maximum Gasteiger partial charge on any atom is 0.244 e. The monoisotopic (exact) mass is 366 g/mol. The summed E-state index contributed by atoms with van der Waals surface area (Å²) in [6.07, 6.45) is 8.36. The molecule has 0 atom stereocenters. The quantitative estimate of drug-likeness (QED) is 0.637. The standard InChI is InChI=1S/C19H26N8/c1-14-11-17(10-9-15(14)12-20)23-19(27-25-18(13-21)24-26-27)22-16-7-5-3-2-4-6-8-16/h9-11,16H,2-8,13,21H2,1H3,(H,22,23). The Morgan fingerprint density at radius 3 is 2.67 bits per heavy atom. The van der Waals surface area contributed by atoms with E-state index in [1.54, 1.807) is 6.07 Å². The summed E-state index contributed by atoms with van der Waals surface area (Å²) in [7, 11) is 0. The molecule has 3 rings (SSSR count). The van der Waals surface area contributed by atoms with Gasteiger partial charge in [0.05, 0.1) is 24.2 Å². The number of benzene rings is 1. The van der Waals surface area contributed by atoms with E-state index in [1.807, 2.05) is 19.1 Å². The minimum Gasteiger partial charge on any atom is -0.324 e. The normalized spacial score (nSPS) is 16.4. The third kappa shape index (κ3) is 5.11. The van der Waals surface area contributed by atoms with E-state index in [0.717, 1.165) is 24.1 Å². The van der Waals surface area contributed by atoms with Gasteiger partial charge in [-0.25, -0.2) is 4.99 Å². The second kappa shape index (κ2) is 9.24. The van der Waals surface area contributed by atoms with Crippen LogP contribution >= 0.6 is 0 Å². The first-order valence-corrected chi connectivity index (χ1v) is 9.54. The van der Waals surface area contributed by atoms with Crippen LogP contribution in [0, 0.1) is 18.3 Å². The lowest BCUT2D eigenvalue weighted by molar-refractivity contribution is 0.453. The number of hydrogen-bond donors (Lipinski definition) is 2. The number of nitrogens with two attached hydrogens (primary N) is 1. The number of aromatic nitrogens is 4. The van der Waals surface area contributed by atoms with Gasteiger partial charge in [0.25, 0.3) is 0 Å². The number of tetrazole rings is 1. The fraction of sp³-hybridized carbons (Fsp3) is 0.526. The molecule has 2 aromatic rings. The van der Waals surface area contributed by atoms with Crippen molar-refractivity contribution in [2.75, 3.05) is 5.32 Å². The fourth-order valence-corrected chi connectivity index (χ4v) is 3.28. The molecule has 0 bridgehead atoms. The zero-order chi connectivity index (χ0) is 19.1. The average Bonchev–Trinajstić information content (AvgIpc) is 3.12. The summed E-state index contributed by atoms with van der Waals surface area (Å²) < 4.78 is 0. The van der Waals surface area contributed by atoms with Crippen LogP contribution in [0.3, 0.4) is 0 Å². The zero-order valence-electron chi connectivity index (χ0n) is 15.7. The van der Waals surface area contributed by atoms with Crippen molar-refractivity contribution >= 4 is 11.6 Å². The molecule has 1 aromatic carbocycles. The first-order valence-electron chi connectivity index (χ1n) is 9.54. The van der Waals surface area contributed by atoms with E-state index in [2.05, 4.69) is 26.8 Å². The van der Waals surface area contributed by atoms with Gasteiger partial charge in [0.15, 0.2) is 5.82 Å². The molecule has 0 saturated heterocycles. The number of hydrogen-bond acceptors (Lipinski definition) is 6. The van der Waals surface area contributed by atoms with Crippen molar-refractivity contribution in [3.63, 3.8) is 0 Å². The molecule has 0 amide bonds. The Balaban J connectivity index is 1.88. The van der Waals surface area contributed by atoms with Crippen molar-refractivity contribution in [2.24, 2.45) is 10.7 Å². The fourth-order valence-electron chi connectivity index (χ4n) is 3.28. The highest BCUT2D eigenvalue weighted by molar-refractivity contribution is 5.94. The molecule has 1 saturated carbocycles. The van der Waals surface area contributed by atoms with Crippen molar-refractivity contribution in [2.45, 2.75) is 64.5 Å². The average molecular weight is 366 g/mol. The molecule has 8 nitrogen and oxygen atoms in total. The Morgan fingerprint density at radius 2 is 2.04 bits per heavy atom. The molecule has 8 heteroatoms. The molecule has 1 aliphatic carbocycles. The Kier molecular flexibility index (Phi) is 6.49. The van der Waals surface area contributed by atoms with Gasteiger partial charge in [0.2, 0.25) is 5.96 Å². The molecule has 142 valence electrons. The predicted octanol–water partition coefficient (Wildman–Crippen LogP) is 2.74. The van der Waals surface area contributed by atoms with E-state index in [9.17, 15) is 0 Å². The van der Waals surface area contributed by atoms with Gasteiger partial charge in [-0.05, 0) is 48.7 Å². The van der Waals surface area contributed by atoms with Crippen LogP contribution in [0.2, 0.25) is 0 Å². The maximum absolute atomic E-state index is 9.13. The molecular formula is C19H26N8. The Labute approximate surface area is 159 Å². The van der Waals surface area contributed by atoms with Crippen LogP contribution in [0.15, 0.2) is 23.2 Å². The molecule has 0 spiro atoms. The van der Waals surface area contributed by atoms with Gasteiger partial charge in [0.1, 0.15) is 0 Å². The van der Waals surface area contributed by atoms with Crippen LogP contribution in [0.25, 0.3) is 0 Å². The Morgan fingerprint density at radius 1 is 1.30 bits per heavy atom. The van der Waals surface area contributed by atoms with Crippen LogP contribution in [-0.4, -0.2) is 32.2 Å². The van der Waals surface area contributed by atoms with Crippen LogP contribution in [0.4, 0.5) is 5.69 Å². The van der Waals surface area contributed by atoms with Gasteiger partial charge >= 0.3 is 0 Å². The summed E-state index contributed by atoms with van der Waals surface area (Å²) >= 11 is 0. The van der Waals surface area contributed by atoms with Crippen molar-refractivity contribution in [3.05, 3.63) is 35.2 Å². The number of aliphatic imine (C=N–C) groups is 1. The van der Waals surface area contributed by atoms with Gasteiger partial charge in [0, 0.05) is 5.69 Å². The second-order valence-corrected chi connectivity index (χ2v) is 6.92. The minimum atomic E-state index is 0.229. The summed E-state index contributed by atoms with van der Waals surface area (Å²) in [6, 6.07) is 8.00. The lowest BCUT2D eigenvalue weighted by Gasteiger charge is -2.18. The highest BCUT2D eigenvalue weighted by Gasteiger charge is 2.15. The van der Waals surface area contributed by atoms with Gasteiger partial charge in [-0.3, -0.25) is 0 Å². The minimum absolute atomic E-state index is 0.229. The third-order valence-electron chi connectivity index (χ3n) is 4.81. The van der Waals surface area contributed by atoms with E-state index in [-0.39, 0.29) is 12.6 Å². The maximum atomic E-state index is 9.13. The Hall–Kier alpha value is -2.79. The number of aryl methyl sites for hydroxylation is 1. The summed E-state index contributed by atoms with van der Waals surface area (Å²) in [5.41, 5.74) is 8.02. The molecule has 1 aromatic heterocycles. The first kappa shape index (κ1) is 19.0. The summed E-state index contributed by atoms with van der Waals surface area (Å²) in [5.74, 6) is 1.01. The number of nitrogens with one attached hydrogen (secondary N) is 1. The summed E-state index contributed by atoms with van der Waals surface area (Å²) in [4.78, 5) is 6.33. The van der Waals surface area contributed by atoms with Crippen LogP contribution in [0.5, 0.6) is 0 Å². The van der Waals surface area contributed by atoms with Crippen LogP contribution in [0.1, 0.15) is 61.9 Å². The number of nitrogens with zero attached hydrogens (tertiary/aromatic N) is 6. The number of anilines is 1. The van der Waals surface area contributed by atoms with Crippen molar-refractivity contribution < 1.29 is 0 Å². The van der Waals surface area contributed by atoms with Gasteiger partial charge in [-0.1, -0.05) is 36.9 Å². The molecule has 1 fully saturated rings. The topological polar surface area (TPSA) is 118 Å². The van der Waals surface area contributed by atoms with Crippen molar-refractivity contribution in [1.82, 2.24) is 20.2 Å². The molecule has 0 aliphatic heterocycles. The van der Waals surface area contributed by atoms with Gasteiger partial charge in [-0.2, -0.15) is 5.26 Å². The highest BCUT2D eigenvalue weighted by Crippen LogP contribution is 2.20. The lowest BCUT2D eigenvalue weighted by Crippen LogP contribution is -2.27. The summed E-state index contributed by atoms with van der Waals surface area (Å²) in [6.45, 7) is 2.14. The van der Waals surface area contributed by atoms with E-state index in [4.69, 9.17) is 16.0 Å². The molecular weight excluding hydrogens is 340 g/mol. The molecule has 0 radical (unpaired) electrons.